The minimum absolute atomic E-state index is 0.173. The number of amides is 3. The van der Waals surface area contributed by atoms with Crippen molar-refractivity contribution in [1.82, 2.24) is 35.4 Å². The smallest absolute Gasteiger partial charge is 0.408 e. The molecule has 13 heteroatoms. The number of aromatic amines is 2. The number of alkyl carbamates (subject to hydrolysis) is 1. The van der Waals surface area contributed by atoms with E-state index in [4.69, 9.17) is 9.72 Å². The topological polar surface area (TPSA) is 169 Å². The number of nitrogens with one attached hydrogen (secondary N) is 3. The molecule has 0 unspecified atom stereocenters. The number of methoxy groups -OCH3 is 1. The third-order valence-corrected chi connectivity index (χ3v) is 11.2. The van der Waals surface area contributed by atoms with Gasteiger partial charge >= 0.3 is 12.2 Å². The molecule has 8 rings (SSSR count). The summed E-state index contributed by atoms with van der Waals surface area (Å²) in [6.45, 7) is 6.60. The number of para-hydroxylation sites is 1. The maximum absolute atomic E-state index is 13.9. The van der Waals surface area contributed by atoms with Gasteiger partial charge in [0.1, 0.15) is 17.4 Å². The molecule has 1 saturated heterocycles. The molecule has 53 heavy (non-hydrogen) atoms. The molecule has 1 fully saturated rings. The van der Waals surface area contributed by atoms with Crippen molar-refractivity contribution in [2.24, 2.45) is 5.41 Å². The van der Waals surface area contributed by atoms with Crippen LogP contribution in [0.1, 0.15) is 68.9 Å². The number of aryl methyl sites for hydroxylation is 1. The Hall–Kier alpha value is -5.98. The molecular formula is C40H42N8O5. The van der Waals surface area contributed by atoms with E-state index >= 15 is 0 Å². The Morgan fingerprint density at radius 2 is 1.62 bits per heavy atom. The largest absolute Gasteiger partial charge is 0.465 e. The van der Waals surface area contributed by atoms with E-state index in [9.17, 15) is 19.5 Å². The lowest BCUT2D eigenvalue weighted by Crippen LogP contribution is -2.53. The Balaban J connectivity index is 1.00. The molecule has 0 aliphatic carbocycles. The number of carbonyl (C=O) groups is 3. The Morgan fingerprint density at radius 3 is 2.30 bits per heavy atom. The Bertz CT molecular complexity index is 2200. The highest BCUT2D eigenvalue weighted by Gasteiger charge is 2.55. The second-order valence-electron chi connectivity index (χ2n) is 15.1. The zero-order valence-electron chi connectivity index (χ0n) is 30.1. The van der Waals surface area contributed by atoms with Crippen molar-refractivity contribution in [3.8, 4) is 33.8 Å². The second kappa shape index (κ2) is 12.9. The third-order valence-electron chi connectivity index (χ3n) is 11.2. The number of hydrogen-bond acceptors (Lipinski definition) is 7. The number of ether oxygens (including phenoxy) is 1. The molecule has 5 aromatic rings. The first-order valence-corrected chi connectivity index (χ1v) is 18.0. The van der Waals surface area contributed by atoms with Crippen LogP contribution in [-0.2, 0) is 27.9 Å². The van der Waals surface area contributed by atoms with Gasteiger partial charge in [0.25, 0.3) is 0 Å². The van der Waals surface area contributed by atoms with Crippen LogP contribution in [0.4, 0.5) is 15.3 Å². The van der Waals surface area contributed by atoms with Crippen LogP contribution in [0.2, 0.25) is 0 Å². The summed E-state index contributed by atoms with van der Waals surface area (Å²) in [5.41, 5.74) is 6.62. The molecule has 3 amide bonds. The number of rotatable bonds is 6. The van der Waals surface area contributed by atoms with E-state index in [1.54, 1.807) is 11.1 Å². The average Bonchev–Trinajstić information content (AvgIpc) is 3.97. The number of H-pyrrole nitrogens is 2. The molecule has 13 nitrogen and oxygen atoms in total. The van der Waals surface area contributed by atoms with Crippen molar-refractivity contribution < 1.29 is 24.2 Å². The van der Waals surface area contributed by atoms with Gasteiger partial charge in [-0.3, -0.25) is 14.6 Å². The van der Waals surface area contributed by atoms with Gasteiger partial charge in [0, 0.05) is 18.5 Å². The number of likely N-dealkylation sites (tertiary alicyclic amines) is 1. The normalized spacial score (nSPS) is 21.0. The monoisotopic (exact) mass is 714 g/mol. The van der Waals surface area contributed by atoms with Gasteiger partial charge in [0.2, 0.25) is 5.91 Å². The molecule has 272 valence electrons. The van der Waals surface area contributed by atoms with Crippen molar-refractivity contribution in [3.63, 3.8) is 0 Å². The lowest BCUT2D eigenvalue weighted by atomic mass is 9.71. The lowest BCUT2D eigenvalue weighted by Gasteiger charge is -2.45. The van der Waals surface area contributed by atoms with E-state index in [2.05, 4.69) is 43.7 Å². The van der Waals surface area contributed by atoms with Gasteiger partial charge < -0.3 is 25.1 Å². The molecule has 0 radical (unpaired) electrons. The van der Waals surface area contributed by atoms with Crippen LogP contribution >= 0.6 is 0 Å². The van der Waals surface area contributed by atoms with Crippen molar-refractivity contribution in [2.75, 3.05) is 18.6 Å². The highest BCUT2D eigenvalue weighted by molar-refractivity contribution is 6.02. The molecule has 4 N–H and O–H groups in total. The molecule has 0 saturated carbocycles. The van der Waals surface area contributed by atoms with Crippen LogP contribution in [-0.4, -0.2) is 72.9 Å². The molecule has 0 spiro atoms. The van der Waals surface area contributed by atoms with E-state index in [1.807, 2.05) is 69.3 Å². The summed E-state index contributed by atoms with van der Waals surface area (Å²) in [6, 6.07) is 21.3. The number of carbonyl (C=O) groups excluding carboxylic acids is 2. The van der Waals surface area contributed by atoms with E-state index in [0.717, 1.165) is 51.2 Å². The molecule has 3 aliphatic rings. The summed E-state index contributed by atoms with van der Waals surface area (Å²) in [5.74, 6) is 1.67. The summed E-state index contributed by atoms with van der Waals surface area (Å²) in [5, 5.41) is 21.7. The van der Waals surface area contributed by atoms with E-state index in [1.165, 1.54) is 12.0 Å². The minimum Gasteiger partial charge on any atom is -0.465 e. The fourth-order valence-corrected chi connectivity index (χ4v) is 8.54. The lowest BCUT2D eigenvalue weighted by molar-refractivity contribution is -0.121. The summed E-state index contributed by atoms with van der Waals surface area (Å²) < 4.78 is 4.80. The summed E-state index contributed by atoms with van der Waals surface area (Å²) in [4.78, 5) is 53.1. The molecule has 3 aromatic carbocycles. The number of anilines is 1. The average molecular weight is 715 g/mol. The molecule has 2 aromatic heterocycles. The van der Waals surface area contributed by atoms with Crippen LogP contribution in [0.25, 0.3) is 33.8 Å². The Labute approximate surface area is 306 Å². The standard InChI is InChI=1S/C40H42N8O5/c1-39(2,3)40(19-6-20-47(40)38(51)52)36-44-33(45-46-36)27-15-11-24(12-16-27)23-9-13-25(14-10-23)30-22-41-34(42-30)31-21-28-8-5-7-26-17-18-29(43-37(50)53-4)35(49)48(31)32(26)28/h5,7-16,22,29,31H,6,17-21H2,1-4H3,(H,41,42)(H,43,50)(H,51,52)(H,44,45,46)/t29-,31-,40+/m0/s1. The highest BCUT2D eigenvalue weighted by Crippen LogP contribution is 2.50. The quantitative estimate of drug-likeness (QED) is 0.148. The number of carboxylic acid groups (broad SMARTS) is 1. The summed E-state index contributed by atoms with van der Waals surface area (Å²) >= 11 is 0. The molecule has 0 bridgehead atoms. The molecule has 5 heterocycles. The van der Waals surface area contributed by atoms with E-state index in [-0.39, 0.29) is 11.9 Å². The van der Waals surface area contributed by atoms with Crippen molar-refractivity contribution in [1.29, 1.82) is 0 Å². The predicted octanol–water partition coefficient (Wildman–Crippen LogP) is 6.85. The SMILES string of the molecule is COC(=O)N[C@H]1CCc2cccc3c2N(C1=O)[C@H](c1ncc(-c2ccc(-c4ccc(-c5nnc([C@@]6(C(C)(C)C)CCCN6C(=O)O)[nH]5)cc4)cc2)[nH]1)C3. The molecule has 3 aliphatic heterocycles. The van der Waals surface area contributed by atoms with Crippen molar-refractivity contribution in [3.05, 3.63) is 95.7 Å². The van der Waals surface area contributed by atoms with Gasteiger partial charge in [-0.15, -0.1) is 10.2 Å². The highest BCUT2D eigenvalue weighted by atomic mass is 16.5. The van der Waals surface area contributed by atoms with E-state index < -0.39 is 29.2 Å². The third kappa shape index (κ3) is 5.71. The van der Waals surface area contributed by atoms with E-state index in [0.29, 0.717) is 49.7 Å². The van der Waals surface area contributed by atoms with Crippen LogP contribution in [0, 0.1) is 5.41 Å². The molecular weight excluding hydrogens is 672 g/mol. The van der Waals surface area contributed by atoms with Gasteiger partial charge in [0.05, 0.1) is 30.7 Å². The van der Waals surface area contributed by atoms with Gasteiger partial charge in [-0.2, -0.15) is 0 Å². The van der Waals surface area contributed by atoms with Gasteiger partial charge in [-0.05, 0) is 58.9 Å². The zero-order valence-corrected chi connectivity index (χ0v) is 30.1. The summed E-state index contributed by atoms with van der Waals surface area (Å²) in [7, 11) is 1.29. The van der Waals surface area contributed by atoms with Crippen LogP contribution in [0.5, 0.6) is 0 Å². The minimum atomic E-state index is -0.949. The first-order chi connectivity index (χ1) is 25.5. The fourth-order valence-electron chi connectivity index (χ4n) is 8.54. The Kier molecular flexibility index (Phi) is 8.31. The first kappa shape index (κ1) is 34.1. The van der Waals surface area contributed by atoms with Crippen molar-refractivity contribution >= 4 is 23.8 Å². The predicted molar refractivity (Wildman–Crippen MR) is 198 cm³/mol. The van der Waals surface area contributed by atoms with Crippen molar-refractivity contribution in [2.45, 2.75) is 70.5 Å². The number of benzene rings is 3. The summed E-state index contributed by atoms with van der Waals surface area (Å²) in [6.07, 6.45) is 3.44. The number of imidazole rings is 1. The maximum atomic E-state index is 13.9. The van der Waals surface area contributed by atoms with Gasteiger partial charge in [-0.1, -0.05) is 87.5 Å². The van der Waals surface area contributed by atoms with Crippen LogP contribution in [0.15, 0.2) is 72.9 Å². The number of hydrogen-bond donors (Lipinski definition) is 4. The fraction of sp³-hybridized carbons (Fsp3) is 0.350. The van der Waals surface area contributed by atoms with Crippen LogP contribution < -0.4 is 10.2 Å². The number of nitrogens with zero attached hydrogens (tertiary/aromatic N) is 5. The van der Waals surface area contributed by atoms with Crippen LogP contribution in [0.3, 0.4) is 0 Å². The zero-order chi connectivity index (χ0) is 37.1. The van der Waals surface area contributed by atoms with Gasteiger partial charge in [-0.25, -0.2) is 14.6 Å². The number of aromatic nitrogens is 5. The second-order valence-corrected chi connectivity index (χ2v) is 15.1. The van der Waals surface area contributed by atoms with Gasteiger partial charge in [0.15, 0.2) is 11.6 Å². The Morgan fingerprint density at radius 1 is 0.943 bits per heavy atom. The maximum Gasteiger partial charge on any atom is 0.408 e. The molecule has 3 atom stereocenters. The first-order valence-electron chi connectivity index (χ1n) is 18.0.